The highest BCUT2D eigenvalue weighted by molar-refractivity contribution is 7.46. The fourth-order valence-electron chi connectivity index (χ4n) is 4.76. The van der Waals surface area contributed by atoms with Gasteiger partial charge in [0.05, 0.1) is 32.0 Å². The minimum absolute atomic E-state index is 0.0176. The summed E-state index contributed by atoms with van der Waals surface area (Å²) in [5, 5.41) is 30.0. The summed E-state index contributed by atoms with van der Waals surface area (Å²) in [5.74, 6) is -0.271. The van der Waals surface area contributed by atoms with Crippen LogP contribution in [0.5, 0.6) is 0 Å². The van der Waals surface area contributed by atoms with Crippen LogP contribution in [-0.2, 0) is 27.7 Å². The van der Waals surface area contributed by atoms with Gasteiger partial charge in [-0.2, -0.15) is 9.97 Å². The summed E-state index contributed by atoms with van der Waals surface area (Å²) in [4.78, 5) is 78.5. The molecule has 0 aliphatic carbocycles. The van der Waals surface area contributed by atoms with Crippen molar-refractivity contribution in [1.29, 1.82) is 0 Å². The minimum atomic E-state index is -4.76. The number of phosphoric ester groups is 2. The fourth-order valence-corrected chi connectivity index (χ4v) is 5.44. The van der Waals surface area contributed by atoms with Gasteiger partial charge in [-0.05, 0) is 0 Å². The Morgan fingerprint density at radius 3 is 1.83 bits per heavy atom. The molecule has 0 aromatic carbocycles. The minimum Gasteiger partial charge on any atom is -0.390 e. The highest BCUT2D eigenvalue weighted by atomic mass is 31.2. The number of imidazole rings is 2. The maximum atomic E-state index is 11.7. The molecule has 2 aliphatic rings. The van der Waals surface area contributed by atoms with E-state index in [1.165, 1.54) is 21.8 Å². The molecule has 0 unspecified atom stereocenters. The molecule has 4 aromatic heterocycles. The third-order valence-electron chi connectivity index (χ3n) is 6.84. The molecule has 13 N–H and O–H groups in total. The van der Waals surface area contributed by atoms with E-state index in [2.05, 4.69) is 39.0 Å². The van der Waals surface area contributed by atoms with Gasteiger partial charge in [0, 0.05) is 6.42 Å². The molecule has 6 rings (SSSR count). The zero-order valence-electron chi connectivity index (χ0n) is 23.4. The second-order valence-corrected chi connectivity index (χ2v) is 12.6. The molecule has 7 atom stereocenters. The number of hydrogen-bond acceptors (Lipinski definition) is 17. The first-order chi connectivity index (χ1) is 21.9. The Hall–Kier alpha value is -3.68. The molecule has 0 saturated carbocycles. The van der Waals surface area contributed by atoms with Crippen LogP contribution < -0.4 is 22.6 Å². The summed E-state index contributed by atoms with van der Waals surface area (Å²) in [6.07, 6.45) is -5.47. The number of aromatic amines is 2. The molecule has 47 heavy (non-hydrogen) atoms. The van der Waals surface area contributed by atoms with E-state index in [1.807, 2.05) is 0 Å². The molecule has 25 nitrogen and oxygen atoms in total. The highest BCUT2D eigenvalue weighted by Gasteiger charge is 2.45. The number of aromatic nitrogens is 8. The maximum Gasteiger partial charge on any atom is 0.469 e. The number of rotatable bonds is 8. The van der Waals surface area contributed by atoms with Crippen LogP contribution in [0.25, 0.3) is 22.3 Å². The lowest BCUT2D eigenvalue weighted by atomic mass is 10.1. The molecule has 6 heterocycles. The van der Waals surface area contributed by atoms with Crippen molar-refractivity contribution in [2.45, 2.75) is 49.4 Å². The van der Waals surface area contributed by atoms with Gasteiger partial charge in [0.1, 0.15) is 30.6 Å². The molecular formula is C20H28N10O15P2. The van der Waals surface area contributed by atoms with Crippen LogP contribution in [0, 0.1) is 0 Å². The van der Waals surface area contributed by atoms with E-state index in [0.717, 1.165) is 0 Å². The van der Waals surface area contributed by atoms with Crippen LogP contribution in [0.1, 0.15) is 18.9 Å². The lowest BCUT2D eigenvalue weighted by Crippen LogP contribution is -2.33. The monoisotopic (exact) mass is 710 g/mol. The maximum absolute atomic E-state index is 11.7. The van der Waals surface area contributed by atoms with Crippen molar-refractivity contribution in [3.05, 3.63) is 33.4 Å². The molecule has 2 fully saturated rings. The number of nitrogen functional groups attached to an aromatic ring is 2. The van der Waals surface area contributed by atoms with Crippen molar-refractivity contribution >= 4 is 49.9 Å². The van der Waals surface area contributed by atoms with E-state index in [0.29, 0.717) is 0 Å². The smallest absolute Gasteiger partial charge is 0.390 e. The number of fused-ring (bicyclic) bond motifs is 2. The quantitative estimate of drug-likeness (QED) is 0.0774. The first-order valence-corrected chi connectivity index (χ1v) is 16.2. The molecule has 0 amide bonds. The molecule has 0 spiro atoms. The van der Waals surface area contributed by atoms with Crippen molar-refractivity contribution in [3.63, 3.8) is 0 Å². The van der Waals surface area contributed by atoms with Crippen LogP contribution >= 0.6 is 15.6 Å². The van der Waals surface area contributed by atoms with Gasteiger partial charge < -0.3 is 55.8 Å². The number of nitrogens with two attached hydrogens (primary N) is 2. The molecule has 4 aromatic rings. The highest BCUT2D eigenvalue weighted by Crippen LogP contribution is 2.39. The predicted molar refractivity (Wildman–Crippen MR) is 152 cm³/mol. The average molecular weight is 710 g/mol. The van der Waals surface area contributed by atoms with Crippen LogP contribution in [0.4, 0.5) is 11.9 Å². The van der Waals surface area contributed by atoms with Gasteiger partial charge in [0.25, 0.3) is 11.1 Å². The number of aliphatic hydroxyl groups excluding tert-OH is 3. The first-order valence-electron chi connectivity index (χ1n) is 13.1. The summed E-state index contributed by atoms with van der Waals surface area (Å²) in [6, 6.07) is 0. The predicted octanol–water partition coefficient (Wildman–Crippen LogP) is -4.11. The number of nitrogens with one attached hydrogen (secondary N) is 2. The SMILES string of the molecule is Nc1nc2c(ncn2[C@@H]2O[C@H](COP(=O)(O)O)[C@@H](O)[C@H]2O)c(=O)[nH]1.Nc1nc2c(ncn2[C@H]2C[C@H](O)[C@@H](COP(=O)(O)O)O2)c(=O)[nH]1. The zero-order valence-corrected chi connectivity index (χ0v) is 25.2. The number of hydrogen-bond donors (Lipinski definition) is 11. The molecule has 0 radical (unpaired) electrons. The van der Waals surface area contributed by atoms with Gasteiger partial charge in [-0.1, -0.05) is 0 Å². The van der Waals surface area contributed by atoms with E-state index >= 15 is 0 Å². The summed E-state index contributed by atoms with van der Waals surface area (Å²) in [7, 11) is -9.42. The molecule has 2 saturated heterocycles. The number of phosphoric acid groups is 2. The van der Waals surface area contributed by atoms with Crippen molar-refractivity contribution in [3.8, 4) is 0 Å². The Morgan fingerprint density at radius 1 is 0.809 bits per heavy atom. The number of nitrogens with zero attached hydrogens (tertiary/aromatic N) is 6. The van der Waals surface area contributed by atoms with Crippen LogP contribution in [-0.4, -0.2) is 118 Å². The Bertz CT molecular complexity index is 1970. The Morgan fingerprint density at radius 2 is 1.30 bits per heavy atom. The third kappa shape index (κ3) is 7.73. The van der Waals surface area contributed by atoms with Gasteiger partial charge in [0.2, 0.25) is 11.9 Å². The van der Waals surface area contributed by atoms with Crippen LogP contribution in [0.2, 0.25) is 0 Å². The van der Waals surface area contributed by atoms with Gasteiger partial charge in [-0.25, -0.2) is 19.1 Å². The van der Waals surface area contributed by atoms with E-state index < -0.39 is 83.0 Å². The molecular weight excluding hydrogens is 682 g/mol. The van der Waals surface area contributed by atoms with Gasteiger partial charge in [0.15, 0.2) is 28.6 Å². The largest absolute Gasteiger partial charge is 0.469 e. The van der Waals surface area contributed by atoms with Crippen molar-refractivity contribution in [1.82, 2.24) is 39.0 Å². The van der Waals surface area contributed by atoms with Gasteiger partial charge in [-0.3, -0.25) is 37.7 Å². The molecule has 258 valence electrons. The molecule has 0 bridgehead atoms. The van der Waals surface area contributed by atoms with E-state index in [-0.39, 0.29) is 40.6 Å². The standard InChI is InChI=1S/C10H14N5O8P.C10H14N5O7P/c11-10-13-7-4(8(18)14-10)12-2-15(7)9-6(17)5(16)3(23-9)1-22-24(19,20)21;11-10-13-8-7(9(17)14-10)12-3-15(8)6-1-4(16)5(22-6)2-21-23(18,19)20/h2-3,5-6,9,16-17H,1H2,(H2,19,20,21)(H3,11,13,14,18);3-6,16H,1-2H2,(H2,18,19,20)(H3,11,13,14,17)/t3-,5-,6-,9-;4-,5+,6+/m10/s1. The second-order valence-electron chi connectivity index (χ2n) is 10.1. The zero-order chi connectivity index (χ0) is 34.4. The lowest BCUT2D eigenvalue weighted by molar-refractivity contribution is -0.0503. The lowest BCUT2D eigenvalue weighted by Gasteiger charge is -2.16. The van der Waals surface area contributed by atoms with Crippen molar-refractivity contribution in [2.24, 2.45) is 0 Å². The molecule has 2 aliphatic heterocycles. The summed E-state index contributed by atoms with van der Waals surface area (Å²) >= 11 is 0. The van der Waals surface area contributed by atoms with Crippen LogP contribution in [0.15, 0.2) is 22.2 Å². The normalized spacial score (nSPS) is 26.6. The van der Waals surface area contributed by atoms with E-state index in [4.69, 9.17) is 40.5 Å². The summed E-state index contributed by atoms with van der Waals surface area (Å²) in [5.41, 5.74) is 10.1. The fraction of sp³-hybridized carbons (Fsp3) is 0.500. The topological polar surface area (TPSA) is 392 Å². The van der Waals surface area contributed by atoms with Crippen molar-refractivity contribution < 1.29 is 62.5 Å². The van der Waals surface area contributed by atoms with Gasteiger partial charge >= 0.3 is 15.6 Å². The third-order valence-corrected chi connectivity index (χ3v) is 7.81. The van der Waals surface area contributed by atoms with Gasteiger partial charge in [-0.15, -0.1) is 0 Å². The number of H-pyrrole nitrogens is 2. The first kappa shape index (κ1) is 34.6. The van der Waals surface area contributed by atoms with E-state index in [1.54, 1.807) is 0 Å². The van der Waals surface area contributed by atoms with Crippen molar-refractivity contribution in [2.75, 3.05) is 24.7 Å². The number of anilines is 2. The second kappa shape index (κ2) is 13.1. The number of ether oxygens (including phenoxy) is 2. The van der Waals surface area contributed by atoms with Crippen LogP contribution in [0.3, 0.4) is 0 Å². The number of aliphatic hydroxyl groups is 3. The summed E-state index contributed by atoms with van der Waals surface area (Å²) in [6.45, 7) is -1.13. The Kier molecular flexibility index (Phi) is 9.64. The Balaban J connectivity index is 0.000000185. The van der Waals surface area contributed by atoms with E-state index in [9.17, 15) is 34.0 Å². The average Bonchev–Trinajstić information content (AvgIpc) is 3.72. The molecule has 27 heteroatoms. The summed E-state index contributed by atoms with van der Waals surface area (Å²) < 4.78 is 43.6. The Labute approximate surface area is 259 Å².